The van der Waals surface area contributed by atoms with Gasteiger partial charge in [-0.3, -0.25) is 20.4 Å². The van der Waals surface area contributed by atoms with Crippen molar-refractivity contribution in [1.82, 2.24) is 15.2 Å². The van der Waals surface area contributed by atoms with E-state index in [1.807, 2.05) is 0 Å². The molecule has 10 heteroatoms. The highest BCUT2D eigenvalue weighted by Gasteiger charge is 2.27. The lowest BCUT2D eigenvalue weighted by Gasteiger charge is -2.16. The molecule has 0 radical (unpaired) electrons. The topological polar surface area (TPSA) is 105 Å². The van der Waals surface area contributed by atoms with Crippen LogP contribution in [-0.4, -0.2) is 44.2 Å². The van der Waals surface area contributed by atoms with E-state index in [0.717, 1.165) is 12.8 Å². The Bertz CT molecular complexity index is 989. The Labute approximate surface area is 173 Å². The van der Waals surface area contributed by atoms with Gasteiger partial charge in [0.15, 0.2) is 6.61 Å². The summed E-state index contributed by atoms with van der Waals surface area (Å²) in [4.78, 5) is 24.2. The molecule has 0 unspecified atom stereocenters. The van der Waals surface area contributed by atoms with Gasteiger partial charge in [-0.2, -0.15) is 4.31 Å². The first-order chi connectivity index (χ1) is 13.9. The molecule has 0 atom stereocenters. The number of sulfonamides is 1. The van der Waals surface area contributed by atoms with Gasteiger partial charge in [0.1, 0.15) is 5.75 Å². The molecule has 0 aromatic heterocycles. The van der Waals surface area contributed by atoms with E-state index in [1.54, 1.807) is 24.3 Å². The first-order valence-electron chi connectivity index (χ1n) is 8.94. The standard InChI is InChI=1S/C19H20ClN3O5S/c20-15-6-8-16(9-7-15)28-13-18(24)21-22-19(25)14-4-3-5-17(12-14)29(26,27)23-10-1-2-11-23/h3-9,12H,1-2,10-11,13H2,(H,21,24)(H,22,25). The number of amides is 2. The minimum absolute atomic E-state index is 0.0458. The summed E-state index contributed by atoms with van der Waals surface area (Å²) in [6.45, 7) is 0.635. The van der Waals surface area contributed by atoms with Crippen molar-refractivity contribution in [1.29, 1.82) is 0 Å². The highest BCUT2D eigenvalue weighted by atomic mass is 35.5. The maximum absolute atomic E-state index is 12.6. The predicted octanol–water partition coefficient (Wildman–Crippen LogP) is 1.96. The van der Waals surface area contributed by atoms with Gasteiger partial charge < -0.3 is 4.74 Å². The van der Waals surface area contributed by atoms with E-state index in [2.05, 4.69) is 10.9 Å². The smallest absolute Gasteiger partial charge is 0.276 e. The summed E-state index contributed by atoms with van der Waals surface area (Å²) in [5, 5.41) is 0.544. The van der Waals surface area contributed by atoms with Crippen LogP contribution < -0.4 is 15.6 Å². The van der Waals surface area contributed by atoms with E-state index in [-0.39, 0.29) is 17.1 Å². The lowest BCUT2D eigenvalue weighted by Crippen LogP contribution is -2.43. The van der Waals surface area contributed by atoms with E-state index in [9.17, 15) is 18.0 Å². The molecule has 8 nitrogen and oxygen atoms in total. The molecule has 0 aliphatic carbocycles. The van der Waals surface area contributed by atoms with Crippen LogP contribution in [0.1, 0.15) is 23.2 Å². The summed E-state index contributed by atoms with van der Waals surface area (Å²) in [6, 6.07) is 12.2. The van der Waals surface area contributed by atoms with E-state index < -0.39 is 21.8 Å². The van der Waals surface area contributed by atoms with Crippen LogP contribution >= 0.6 is 11.6 Å². The Morgan fingerprint density at radius 1 is 1.03 bits per heavy atom. The van der Waals surface area contributed by atoms with Gasteiger partial charge in [0.05, 0.1) is 4.90 Å². The molecule has 2 amide bonds. The molecule has 1 fully saturated rings. The monoisotopic (exact) mass is 437 g/mol. The fourth-order valence-corrected chi connectivity index (χ4v) is 4.48. The number of rotatable bonds is 6. The predicted molar refractivity (Wildman–Crippen MR) is 107 cm³/mol. The number of hydrogen-bond acceptors (Lipinski definition) is 5. The van der Waals surface area contributed by atoms with Gasteiger partial charge in [-0.25, -0.2) is 8.42 Å². The molecule has 154 valence electrons. The molecule has 0 spiro atoms. The number of benzene rings is 2. The Kier molecular flexibility index (Phi) is 6.73. The quantitative estimate of drug-likeness (QED) is 0.672. The number of nitrogens with one attached hydrogen (secondary N) is 2. The summed E-state index contributed by atoms with van der Waals surface area (Å²) in [6.07, 6.45) is 1.65. The third kappa shape index (κ3) is 5.47. The molecule has 3 rings (SSSR count). The van der Waals surface area contributed by atoms with E-state index in [4.69, 9.17) is 16.3 Å². The highest BCUT2D eigenvalue weighted by molar-refractivity contribution is 7.89. The van der Waals surface area contributed by atoms with Crippen LogP contribution in [-0.2, 0) is 14.8 Å². The summed E-state index contributed by atoms with van der Waals surface area (Å²) < 4.78 is 31.9. The molecule has 1 aliphatic heterocycles. The van der Waals surface area contributed by atoms with E-state index >= 15 is 0 Å². The third-order valence-electron chi connectivity index (χ3n) is 4.30. The number of carbonyl (C=O) groups excluding carboxylic acids is 2. The molecule has 29 heavy (non-hydrogen) atoms. The third-order valence-corrected chi connectivity index (χ3v) is 6.44. The first kappa shape index (κ1) is 21.1. The Morgan fingerprint density at radius 3 is 2.41 bits per heavy atom. The van der Waals surface area contributed by atoms with E-state index in [0.29, 0.717) is 23.9 Å². The van der Waals surface area contributed by atoms with Crippen molar-refractivity contribution in [2.75, 3.05) is 19.7 Å². The van der Waals surface area contributed by atoms with Gasteiger partial charge in [0.25, 0.3) is 11.8 Å². The van der Waals surface area contributed by atoms with Crippen molar-refractivity contribution >= 4 is 33.4 Å². The van der Waals surface area contributed by atoms with Crippen molar-refractivity contribution in [2.24, 2.45) is 0 Å². The largest absolute Gasteiger partial charge is 0.484 e. The number of hydrazine groups is 1. The fourth-order valence-electron chi connectivity index (χ4n) is 2.79. The fraction of sp³-hybridized carbons (Fsp3) is 0.263. The second kappa shape index (κ2) is 9.25. The zero-order valence-corrected chi connectivity index (χ0v) is 17.0. The maximum atomic E-state index is 12.6. The number of nitrogens with zero attached hydrogens (tertiary/aromatic N) is 1. The minimum Gasteiger partial charge on any atom is -0.484 e. The second-order valence-corrected chi connectivity index (χ2v) is 8.76. The highest BCUT2D eigenvalue weighted by Crippen LogP contribution is 2.21. The van der Waals surface area contributed by atoms with Crippen LogP contribution in [0.3, 0.4) is 0 Å². The minimum atomic E-state index is -3.63. The molecule has 1 aliphatic rings. The van der Waals surface area contributed by atoms with Crippen LogP contribution in [0.25, 0.3) is 0 Å². The summed E-state index contributed by atoms with van der Waals surface area (Å²) >= 11 is 5.77. The molecule has 1 saturated heterocycles. The van der Waals surface area contributed by atoms with Crippen LogP contribution in [0.5, 0.6) is 5.75 Å². The average molecular weight is 438 g/mol. The van der Waals surface area contributed by atoms with Crippen molar-refractivity contribution in [3.63, 3.8) is 0 Å². The van der Waals surface area contributed by atoms with Crippen molar-refractivity contribution in [3.8, 4) is 5.75 Å². The summed E-state index contributed by atoms with van der Waals surface area (Å²) in [7, 11) is -3.63. The number of carbonyl (C=O) groups is 2. The van der Waals surface area contributed by atoms with Crippen molar-refractivity contribution in [3.05, 3.63) is 59.1 Å². The zero-order chi connectivity index (χ0) is 20.9. The molecular formula is C19H20ClN3O5S. The van der Waals surface area contributed by atoms with Crippen LogP contribution in [0, 0.1) is 0 Å². The Balaban J connectivity index is 1.55. The first-order valence-corrected chi connectivity index (χ1v) is 10.8. The second-order valence-electron chi connectivity index (χ2n) is 6.38. The van der Waals surface area contributed by atoms with Gasteiger partial charge in [-0.15, -0.1) is 0 Å². The van der Waals surface area contributed by atoms with Crippen LogP contribution in [0.4, 0.5) is 0 Å². The number of ether oxygens (including phenoxy) is 1. The lowest BCUT2D eigenvalue weighted by molar-refractivity contribution is -0.123. The van der Waals surface area contributed by atoms with Crippen LogP contribution in [0.2, 0.25) is 5.02 Å². The summed E-state index contributed by atoms with van der Waals surface area (Å²) in [5.41, 5.74) is 4.59. The molecule has 0 saturated carbocycles. The lowest BCUT2D eigenvalue weighted by atomic mass is 10.2. The van der Waals surface area contributed by atoms with Gasteiger partial charge in [-0.05, 0) is 55.3 Å². The maximum Gasteiger partial charge on any atom is 0.276 e. The van der Waals surface area contributed by atoms with Crippen LogP contribution in [0.15, 0.2) is 53.4 Å². The number of hydrogen-bond donors (Lipinski definition) is 2. The molecule has 2 aromatic rings. The molecule has 1 heterocycles. The number of halogens is 1. The van der Waals surface area contributed by atoms with Gasteiger partial charge in [-0.1, -0.05) is 17.7 Å². The molecule has 2 aromatic carbocycles. The van der Waals surface area contributed by atoms with E-state index in [1.165, 1.54) is 28.6 Å². The Hall–Kier alpha value is -2.62. The molecular weight excluding hydrogens is 418 g/mol. The zero-order valence-electron chi connectivity index (χ0n) is 15.4. The molecule has 0 bridgehead atoms. The van der Waals surface area contributed by atoms with Gasteiger partial charge in [0.2, 0.25) is 10.0 Å². The SMILES string of the molecule is O=C(COc1ccc(Cl)cc1)NNC(=O)c1cccc(S(=O)(=O)N2CCCC2)c1. The van der Waals surface area contributed by atoms with Crippen molar-refractivity contribution in [2.45, 2.75) is 17.7 Å². The normalized spacial score (nSPS) is 14.4. The average Bonchev–Trinajstić information content (AvgIpc) is 3.27. The van der Waals surface area contributed by atoms with Gasteiger partial charge in [0, 0.05) is 23.7 Å². The van der Waals surface area contributed by atoms with Crippen molar-refractivity contribution < 1.29 is 22.7 Å². The summed E-state index contributed by atoms with van der Waals surface area (Å²) in [5.74, 6) is -0.756. The van der Waals surface area contributed by atoms with Gasteiger partial charge >= 0.3 is 0 Å². The Morgan fingerprint density at radius 2 is 1.72 bits per heavy atom. The molecule has 2 N–H and O–H groups in total.